The van der Waals surface area contributed by atoms with Gasteiger partial charge in [-0.15, -0.1) is 0 Å². The Balaban J connectivity index is 1.93. The molecule has 0 radical (unpaired) electrons. The van der Waals surface area contributed by atoms with E-state index in [-0.39, 0.29) is 48.7 Å². The van der Waals surface area contributed by atoms with E-state index in [1.165, 1.54) is 27.7 Å². The maximum Gasteiger partial charge on any atom is 0.333 e. The van der Waals surface area contributed by atoms with Gasteiger partial charge in [0.15, 0.2) is 12.2 Å². The van der Waals surface area contributed by atoms with Crippen LogP contribution in [0, 0.1) is 0 Å². The first-order valence-corrected chi connectivity index (χ1v) is 13.8. The van der Waals surface area contributed by atoms with Crippen LogP contribution in [0.25, 0.3) is 0 Å². The van der Waals surface area contributed by atoms with Crippen LogP contribution < -0.4 is 14.2 Å². The van der Waals surface area contributed by atoms with Crippen molar-refractivity contribution in [2.24, 2.45) is 0 Å². The number of hydrogen-bond donors (Lipinski definition) is 0. The van der Waals surface area contributed by atoms with Gasteiger partial charge in [-0.1, -0.05) is 26.3 Å². The molecule has 2 unspecified atom stereocenters. The van der Waals surface area contributed by atoms with E-state index < -0.39 is 36.1 Å². The lowest BCUT2D eigenvalue weighted by Gasteiger charge is -2.19. The summed E-state index contributed by atoms with van der Waals surface area (Å²) < 4.78 is 38.2. The predicted octanol–water partition coefficient (Wildman–Crippen LogP) is 5.45. The highest BCUT2D eigenvalue weighted by Crippen LogP contribution is 2.26. The molecule has 0 aliphatic carbocycles. The van der Waals surface area contributed by atoms with Crippen LogP contribution in [0.1, 0.15) is 27.7 Å². The number of esters is 4. The summed E-state index contributed by atoms with van der Waals surface area (Å²) in [4.78, 5) is 47.5. The molecule has 45 heavy (non-hydrogen) atoms. The Morgan fingerprint density at radius 1 is 0.489 bits per heavy atom. The van der Waals surface area contributed by atoms with E-state index in [2.05, 4.69) is 26.3 Å². The van der Waals surface area contributed by atoms with Crippen molar-refractivity contribution >= 4 is 23.9 Å². The number of hydrogen-bond acceptors (Lipinski definition) is 11. The summed E-state index contributed by atoms with van der Waals surface area (Å²) >= 11 is 0. The largest absolute Gasteiger partial charge is 0.490 e. The molecule has 0 aliphatic heterocycles. The number of rotatable bonds is 18. The fraction of sp³-hybridized carbons (Fsp3) is 0.294. The maximum atomic E-state index is 12.0. The van der Waals surface area contributed by atoms with Gasteiger partial charge in [0, 0.05) is 22.3 Å². The van der Waals surface area contributed by atoms with Gasteiger partial charge in [0.25, 0.3) is 0 Å². The summed E-state index contributed by atoms with van der Waals surface area (Å²) in [5, 5.41) is 0. The molecule has 0 N–H and O–H groups in total. The van der Waals surface area contributed by atoms with E-state index in [0.717, 1.165) is 0 Å². The van der Waals surface area contributed by atoms with Crippen molar-refractivity contribution in [3.8, 4) is 23.0 Å². The highest BCUT2D eigenvalue weighted by Gasteiger charge is 2.20. The van der Waals surface area contributed by atoms with Crippen molar-refractivity contribution in [1.82, 2.24) is 0 Å². The fourth-order valence-corrected chi connectivity index (χ4v) is 3.04. The standard InChI is InChI=1S/C34H38O11/c1-21(2)31(35)41-19-29(44-33(37)23(5)6)17-39-25-9-13-27(14-10-25)43-28-15-11-26(12-16-28)40-18-30(45-34(38)24(7)8)20-42-32(36)22(3)4/h9-16,29-30H,1,3,5,7,17-20H2,2,4,6,8H3. The van der Waals surface area contributed by atoms with E-state index in [0.29, 0.717) is 23.0 Å². The van der Waals surface area contributed by atoms with Crippen molar-refractivity contribution in [3.05, 3.63) is 97.1 Å². The Morgan fingerprint density at radius 3 is 1.07 bits per heavy atom. The Hall–Kier alpha value is -5.32. The molecule has 2 aromatic rings. The second kappa shape index (κ2) is 17.7. The van der Waals surface area contributed by atoms with Crippen molar-refractivity contribution < 1.29 is 52.3 Å². The number of carbonyl (C=O) groups excluding carboxylic acids is 4. The minimum absolute atomic E-state index is 0.0757. The zero-order valence-electron chi connectivity index (χ0n) is 25.9. The first-order chi connectivity index (χ1) is 21.2. The van der Waals surface area contributed by atoms with Crippen molar-refractivity contribution in [2.45, 2.75) is 39.9 Å². The van der Waals surface area contributed by atoms with E-state index in [1.54, 1.807) is 48.5 Å². The minimum atomic E-state index is -0.867. The van der Waals surface area contributed by atoms with Gasteiger partial charge in [-0.05, 0) is 76.2 Å². The molecular weight excluding hydrogens is 584 g/mol. The van der Waals surface area contributed by atoms with Crippen molar-refractivity contribution in [1.29, 1.82) is 0 Å². The van der Waals surface area contributed by atoms with E-state index in [9.17, 15) is 19.2 Å². The number of carbonyl (C=O) groups is 4. The zero-order chi connectivity index (χ0) is 33.5. The molecule has 0 aliphatic rings. The third-order valence-electron chi connectivity index (χ3n) is 5.50. The monoisotopic (exact) mass is 622 g/mol. The average molecular weight is 623 g/mol. The van der Waals surface area contributed by atoms with Gasteiger partial charge >= 0.3 is 23.9 Å². The molecule has 2 atom stereocenters. The van der Waals surface area contributed by atoms with E-state index in [1.807, 2.05) is 0 Å². The molecule has 0 spiro atoms. The molecule has 11 nitrogen and oxygen atoms in total. The topological polar surface area (TPSA) is 133 Å². The summed E-state index contributed by atoms with van der Waals surface area (Å²) in [7, 11) is 0. The predicted molar refractivity (Wildman–Crippen MR) is 165 cm³/mol. The molecule has 0 saturated carbocycles. The molecule has 0 aromatic heterocycles. The first-order valence-electron chi connectivity index (χ1n) is 13.8. The maximum absolute atomic E-state index is 12.0. The van der Waals surface area contributed by atoms with Crippen LogP contribution >= 0.6 is 0 Å². The van der Waals surface area contributed by atoms with Gasteiger partial charge in [0.1, 0.15) is 49.4 Å². The highest BCUT2D eigenvalue weighted by atomic mass is 16.6. The highest BCUT2D eigenvalue weighted by molar-refractivity contribution is 5.88. The van der Waals surface area contributed by atoms with Gasteiger partial charge in [-0.3, -0.25) is 0 Å². The fourth-order valence-electron chi connectivity index (χ4n) is 3.04. The molecule has 240 valence electrons. The Kier molecular flexibility index (Phi) is 14.1. The van der Waals surface area contributed by atoms with E-state index >= 15 is 0 Å². The molecule has 0 saturated heterocycles. The van der Waals surface area contributed by atoms with Crippen LogP contribution in [0.5, 0.6) is 23.0 Å². The van der Waals surface area contributed by atoms with E-state index in [4.69, 9.17) is 33.2 Å². The second-order valence-corrected chi connectivity index (χ2v) is 10.0. The third-order valence-corrected chi connectivity index (χ3v) is 5.50. The lowest BCUT2D eigenvalue weighted by Crippen LogP contribution is -2.31. The lowest BCUT2D eigenvalue weighted by molar-refractivity contribution is -0.155. The Morgan fingerprint density at radius 2 is 0.778 bits per heavy atom. The minimum Gasteiger partial charge on any atom is -0.490 e. The number of benzene rings is 2. The summed E-state index contributed by atoms with van der Waals surface area (Å²) in [6, 6.07) is 13.4. The summed E-state index contributed by atoms with van der Waals surface area (Å²) in [5.74, 6) is -0.528. The van der Waals surface area contributed by atoms with Gasteiger partial charge < -0.3 is 33.2 Å². The molecular formula is C34H38O11. The van der Waals surface area contributed by atoms with Crippen LogP contribution in [0.2, 0.25) is 0 Å². The SMILES string of the molecule is C=C(C)C(=O)OCC(COc1ccc(Oc2ccc(OCC(COC(=O)C(=C)C)OC(=O)C(=C)C)cc2)cc1)OC(=O)C(=C)C. The van der Waals surface area contributed by atoms with Crippen LogP contribution in [0.3, 0.4) is 0 Å². The molecule has 2 aromatic carbocycles. The summed E-state index contributed by atoms with van der Waals surface area (Å²) in [5.41, 5.74) is 0.824. The molecule has 0 fully saturated rings. The molecule has 2 rings (SSSR count). The second-order valence-electron chi connectivity index (χ2n) is 10.0. The average Bonchev–Trinajstić information content (AvgIpc) is 3.00. The third kappa shape index (κ3) is 13.2. The van der Waals surface area contributed by atoms with Crippen molar-refractivity contribution in [2.75, 3.05) is 26.4 Å². The smallest absolute Gasteiger partial charge is 0.333 e. The van der Waals surface area contributed by atoms with Crippen LogP contribution in [0.4, 0.5) is 0 Å². The first kappa shape index (κ1) is 35.9. The van der Waals surface area contributed by atoms with Crippen LogP contribution in [-0.2, 0) is 38.1 Å². The van der Waals surface area contributed by atoms with Gasteiger partial charge in [0.2, 0.25) is 0 Å². The molecule has 0 amide bonds. The summed E-state index contributed by atoms with van der Waals surface area (Å²) in [6.07, 6.45) is -1.73. The Labute approximate surface area is 262 Å². The van der Waals surface area contributed by atoms with Gasteiger partial charge in [-0.2, -0.15) is 0 Å². The van der Waals surface area contributed by atoms with Crippen molar-refractivity contribution in [3.63, 3.8) is 0 Å². The molecule has 0 heterocycles. The van der Waals surface area contributed by atoms with Crippen LogP contribution in [-0.4, -0.2) is 62.5 Å². The number of ether oxygens (including phenoxy) is 7. The normalized spacial score (nSPS) is 11.6. The summed E-state index contributed by atoms with van der Waals surface area (Å²) in [6.45, 7) is 19.6. The molecule has 11 heteroatoms. The van der Waals surface area contributed by atoms with Gasteiger partial charge in [0.05, 0.1) is 0 Å². The Bertz CT molecular complexity index is 1300. The molecule has 0 bridgehead atoms. The quantitative estimate of drug-likeness (QED) is 0.119. The lowest BCUT2D eigenvalue weighted by atomic mass is 10.3. The van der Waals surface area contributed by atoms with Crippen LogP contribution in [0.15, 0.2) is 97.1 Å². The zero-order valence-corrected chi connectivity index (χ0v) is 25.9. The van der Waals surface area contributed by atoms with Gasteiger partial charge in [-0.25, -0.2) is 19.2 Å².